The van der Waals surface area contributed by atoms with Gasteiger partial charge in [0.1, 0.15) is 18.1 Å². The average molecular weight is 296 g/mol. The third-order valence-corrected chi connectivity index (χ3v) is 3.63. The molecule has 0 fully saturated rings. The predicted molar refractivity (Wildman–Crippen MR) is 83.7 cm³/mol. The molecule has 0 aromatic heterocycles. The highest BCUT2D eigenvalue weighted by Crippen LogP contribution is 2.32. The maximum atomic E-state index is 12.1. The summed E-state index contributed by atoms with van der Waals surface area (Å²) in [5.41, 5.74) is 3.23. The molecule has 112 valence electrons. The summed E-state index contributed by atoms with van der Waals surface area (Å²) >= 11 is 0. The fourth-order valence-electron chi connectivity index (χ4n) is 2.47. The Balaban J connectivity index is 2.10. The van der Waals surface area contributed by atoms with E-state index in [1.165, 1.54) is 0 Å². The summed E-state index contributed by atoms with van der Waals surface area (Å²) in [6.07, 6.45) is 1.79. The summed E-state index contributed by atoms with van der Waals surface area (Å²) in [6, 6.07) is 13.2. The zero-order valence-corrected chi connectivity index (χ0v) is 12.5. The average Bonchev–Trinajstić information content (AvgIpc) is 2.57. The van der Waals surface area contributed by atoms with E-state index in [2.05, 4.69) is 0 Å². The number of rotatable bonds is 3. The maximum absolute atomic E-state index is 12.1. The number of hydrogen-bond donors (Lipinski definition) is 0. The lowest BCUT2D eigenvalue weighted by atomic mass is 9.96. The summed E-state index contributed by atoms with van der Waals surface area (Å²) in [5, 5.41) is 0. The molecular formula is C18H16O4. The number of fused-ring (bicyclic) bond motifs is 1. The quantitative estimate of drug-likeness (QED) is 0.644. The lowest BCUT2D eigenvalue weighted by Gasteiger charge is -2.19. The molecule has 3 rings (SSSR count). The molecular weight excluding hydrogens is 280 g/mol. The summed E-state index contributed by atoms with van der Waals surface area (Å²) in [7, 11) is 3.19. The minimum Gasteiger partial charge on any atom is -0.497 e. The fraction of sp³-hybridized carbons (Fsp3) is 0.167. The Morgan fingerprint density at radius 1 is 1.09 bits per heavy atom. The zero-order chi connectivity index (χ0) is 15.5. The largest absolute Gasteiger partial charge is 0.497 e. The first-order valence-corrected chi connectivity index (χ1v) is 6.92. The van der Waals surface area contributed by atoms with E-state index in [0.29, 0.717) is 23.7 Å². The predicted octanol–water partition coefficient (Wildman–Crippen LogP) is 3.30. The van der Waals surface area contributed by atoms with Crippen molar-refractivity contribution >= 4 is 17.6 Å². The summed E-state index contributed by atoms with van der Waals surface area (Å²) < 4.78 is 15.8. The van der Waals surface area contributed by atoms with Crippen molar-refractivity contribution in [3.63, 3.8) is 0 Å². The molecule has 0 N–H and O–H groups in total. The third-order valence-electron chi connectivity index (χ3n) is 3.63. The van der Waals surface area contributed by atoms with Crippen LogP contribution in [0.25, 0.3) is 11.6 Å². The Kier molecular flexibility index (Phi) is 3.83. The standard InChI is InChI=1S/C18H16O4/c1-20-14-8-7-12(17(10-14)21-2)9-16-15-6-4-3-5-13(15)11-22-18(16)19/h3-10H,11H2,1-2H3/b16-9+. The Morgan fingerprint density at radius 3 is 2.68 bits per heavy atom. The molecule has 0 saturated heterocycles. The van der Waals surface area contributed by atoms with Gasteiger partial charge in [0.15, 0.2) is 0 Å². The first-order valence-electron chi connectivity index (χ1n) is 6.92. The van der Waals surface area contributed by atoms with Gasteiger partial charge >= 0.3 is 5.97 Å². The van der Waals surface area contributed by atoms with E-state index >= 15 is 0 Å². The second-order valence-electron chi connectivity index (χ2n) is 4.90. The van der Waals surface area contributed by atoms with Crippen LogP contribution in [0.5, 0.6) is 11.5 Å². The molecule has 0 radical (unpaired) electrons. The van der Waals surface area contributed by atoms with E-state index in [4.69, 9.17) is 14.2 Å². The van der Waals surface area contributed by atoms with Gasteiger partial charge in [-0.05, 0) is 29.3 Å². The van der Waals surface area contributed by atoms with Gasteiger partial charge in [0.25, 0.3) is 0 Å². The molecule has 0 aliphatic carbocycles. The van der Waals surface area contributed by atoms with Crippen LogP contribution in [0.4, 0.5) is 0 Å². The molecule has 1 aliphatic rings. The SMILES string of the molecule is COc1ccc(/C=C2/C(=O)OCc3ccccc32)c(OC)c1. The molecule has 0 spiro atoms. The van der Waals surface area contributed by atoms with Crippen LogP contribution in [0.3, 0.4) is 0 Å². The molecule has 0 atom stereocenters. The van der Waals surface area contributed by atoms with Crippen molar-refractivity contribution in [1.29, 1.82) is 0 Å². The normalized spacial score (nSPS) is 15.2. The molecule has 0 saturated carbocycles. The highest BCUT2D eigenvalue weighted by atomic mass is 16.5. The lowest BCUT2D eigenvalue weighted by Crippen LogP contribution is -2.15. The topological polar surface area (TPSA) is 44.8 Å². The first-order chi connectivity index (χ1) is 10.7. The smallest absolute Gasteiger partial charge is 0.339 e. The van der Waals surface area contributed by atoms with E-state index in [1.54, 1.807) is 26.4 Å². The monoisotopic (exact) mass is 296 g/mol. The Morgan fingerprint density at radius 2 is 1.91 bits per heavy atom. The summed E-state index contributed by atoms with van der Waals surface area (Å²) in [4.78, 5) is 12.1. The van der Waals surface area contributed by atoms with Crippen LogP contribution in [0, 0.1) is 0 Å². The molecule has 1 heterocycles. The number of hydrogen-bond acceptors (Lipinski definition) is 4. The molecule has 0 amide bonds. The highest BCUT2D eigenvalue weighted by molar-refractivity contribution is 6.22. The van der Waals surface area contributed by atoms with Crippen molar-refractivity contribution in [2.45, 2.75) is 6.61 Å². The van der Waals surface area contributed by atoms with Crippen molar-refractivity contribution in [2.24, 2.45) is 0 Å². The van der Waals surface area contributed by atoms with E-state index in [0.717, 1.165) is 16.7 Å². The summed E-state index contributed by atoms with van der Waals surface area (Å²) in [6.45, 7) is 0.312. The molecule has 0 bridgehead atoms. The number of benzene rings is 2. The molecule has 4 nitrogen and oxygen atoms in total. The zero-order valence-electron chi connectivity index (χ0n) is 12.5. The fourth-order valence-corrected chi connectivity index (χ4v) is 2.47. The van der Waals surface area contributed by atoms with Gasteiger partial charge in [0.05, 0.1) is 19.8 Å². The van der Waals surface area contributed by atoms with E-state index in [1.807, 2.05) is 36.4 Å². The summed E-state index contributed by atoms with van der Waals surface area (Å²) in [5.74, 6) is 1.02. The van der Waals surface area contributed by atoms with Crippen molar-refractivity contribution in [3.8, 4) is 11.5 Å². The second-order valence-corrected chi connectivity index (χ2v) is 4.90. The number of carbonyl (C=O) groups is 1. The van der Waals surface area contributed by atoms with Crippen LogP contribution < -0.4 is 9.47 Å². The van der Waals surface area contributed by atoms with Crippen LogP contribution in [0.1, 0.15) is 16.7 Å². The van der Waals surface area contributed by atoms with Gasteiger partial charge in [0.2, 0.25) is 0 Å². The molecule has 2 aromatic carbocycles. The van der Waals surface area contributed by atoms with Gasteiger partial charge in [0, 0.05) is 11.6 Å². The lowest BCUT2D eigenvalue weighted by molar-refractivity contribution is -0.138. The first kappa shape index (κ1) is 14.2. The number of esters is 1. The molecule has 1 aliphatic heterocycles. The van der Waals surface area contributed by atoms with Gasteiger partial charge in [-0.15, -0.1) is 0 Å². The van der Waals surface area contributed by atoms with Crippen LogP contribution in [-0.2, 0) is 16.1 Å². The van der Waals surface area contributed by atoms with Crippen molar-refractivity contribution in [3.05, 3.63) is 59.2 Å². The van der Waals surface area contributed by atoms with Crippen molar-refractivity contribution < 1.29 is 19.0 Å². The number of methoxy groups -OCH3 is 2. The van der Waals surface area contributed by atoms with E-state index in [-0.39, 0.29) is 5.97 Å². The molecule has 4 heteroatoms. The van der Waals surface area contributed by atoms with Gasteiger partial charge < -0.3 is 14.2 Å². The van der Waals surface area contributed by atoms with Gasteiger partial charge in [-0.25, -0.2) is 4.79 Å². The van der Waals surface area contributed by atoms with Crippen molar-refractivity contribution in [2.75, 3.05) is 14.2 Å². The Hall–Kier alpha value is -2.75. The van der Waals surface area contributed by atoms with Gasteiger partial charge in [-0.1, -0.05) is 24.3 Å². The third kappa shape index (κ3) is 2.55. The second kappa shape index (κ2) is 5.93. The van der Waals surface area contributed by atoms with E-state index in [9.17, 15) is 4.79 Å². The van der Waals surface area contributed by atoms with Crippen LogP contribution in [0.15, 0.2) is 42.5 Å². The Labute approximate surface area is 128 Å². The van der Waals surface area contributed by atoms with Crippen molar-refractivity contribution in [1.82, 2.24) is 0 Å². The molecule has 2 aromatic rings. The van der Waals surface area contributed by atoms with Gasteiger partial charge in [-0.3, -0.25) is 0 Å². The van der Waals surface area contributed by atoms with E-state index < -0.39 is 0 Å². The molecule has 0 unspecified atom stereocenters. The maximum Gasteiger partial charge on any atom is 0.339 e. The van der Waals surface area contributed by atoms with Crippen LogP contribution >= 0.6 is 0 Å². The highest BCUT2D eigenvalue weighted by Gasteiger charge is 2.22. The number of cyclic esters (lactones) is 1. The van der Waals surface area contributed by atoms with Crippen LogP contribution in [-0.4, -0.2) is 20.2 Å². The minimum absolute atomic E-state index is 0.312. The Bertz CT molecular complexity index is 747. The number of ether oxygens (including phenoxy) is 3. The number of carbonyl (C=O) groups excluding carboxylic acids is 1. The molecule has 22 heavy (non-hydrogen) atoms. The van der Waals surface area contributed by atoms with Crippen LogP contribution in [0.2, 0.25) is 0 Å². The van der Waals surface area contributed by atoms with Gasteiger partial charge in [-0.2, -0.15) is 0 Å². The minimum atomic E-state index is -0.323.